The standard InChI is InChI=1S/C26H20Cl2N4O4S2/c1-13(17-12-37-23(22(17)33)14-6-7-18(27)19(28)10-14)31-32-26(36)21-9-8-20(38-21)25(35)30-11-15-4-2-3-5-16(15)24(29)34/h2-10,12,33H,11H2,1H3,(H2,29,34)(H,30,35)(H,32,36). The molecule has 0 saturated heterocycles. The molecule has 4 aromatic rings. The number of thiophene rings is 2. The lowest BCUT2D eigenvalue weighted by Crippen LogP contribution is -2.24. The molecule has 0 unspecified atom stereocenters. The third-order valence-corrected chi connectivity index (χ3v) is 8.28. The summed E-state index contributed by atoms with van der Waals surface area (Å²) in [6, 6.07) is 14.8. The molecule has 0 spiro atoms. The van der Waals surface area contributed by atoms with Gasteiger partial charge in [-0.3, -0.25) is 14.4 Å². The topological polar surface area (TPSA) is 134 Å². The third-order valence-electron chi connectivity index (χ3n) is 5.44. The van der Waals surface area contributed by atoms with Gasteiger partial charge in [0.2, 0.25) is 5.91 Å². The van der Waals surface area contributed by atoms with Gasteiger partial charge in [0.15, 0.2) is 0 Å². The largest absolute Gasteiger partial charge is 0.506 e. The first-order chi connectivity index (χ1) is 18.2. The minimum absolute atomic E-state index is 0.0110. The van der Waals surface area contributed by atoms with Crippen molar-refractivity contribution in [3.05, 3.63) is 96.5 Å². The van der Waals surface area contributed by atoms with Crippen LogP contribution in [0.2, 0.25) is 10.0 Å². The highest BCUT2D eigenvalue weighted by atomic mass is 35.5. The van der Waals surface area contributed by atoms with Crippen LogP contribution in [0.25, 0.3) is 10.4 Å². The van der Waals surface area contributed by atoms with Crippen molar-refractivity contribution in [2.24, 2.45) is 10.8 Å². The maximum atomic E-state index is 12.6. The van der Waals surface area contributed by atoms with Crippen LogP contribution >= 0.6 is 45.9 Å². The number of primary amides is 1. The molecule has 2 aromatic carbocycles. The first-order valence-electron chi connectivity index (χ1n) is 11.0. The first kappa shape index (κ1) is 27.3. The SMILES string of the molecule is CC(=NNC(=O)c1ccc(C(=O)NCc2ccccc2C(N)=O)s1)c1csc(-c2ccc(Cl)c(Cl)c2)c1O. The van der Waals surface area contributed by atoms with E-state index in [-0.39, 0.29) is 17.2 Å². The molecule has 194 valence electrons. The molecule has 4 rings (SSSR count). The number of rotatable bonds is 8. The van der Waals surface area contributed by atoms with Gasteiger partial charge in [-0.1, -0.05) is 47.5 Å². The molecule has 2 aromatic heterocycles. The van der Waals surface area contributed by atoms with E-state index in [1.165, 1.54) is 23.5 Å². The van der Waals surface area contributed by atoms with Gasteiger partial charge in [0, 0.05) is 17.5 Å². The summed E-state index contributed by atoms with van der Waals surface area (Å²) in [4.78, 5) is 37.9. The van der Waals surface area contributed by atoms with E-state index < -0.39 is 17.7 Å². The van der Waals surface area contributed by atoms with Crippen LogP contribution in [0.4, 0.5) is 0 Å². The molecule has 8 nitrogen and oxygen atoms in total. The van der Waals surface area contributed by atoms with Crippen LogP contribution in [0.1, 0.15) is 47.8 Å². The van der Waals surface area contributed by atoms with Gasteiger partial charge in [-0.25, -0.2) is 5.43 Å². The third kappa shape index (κ3) is 6.05. The Morgan fingerprint density at radius 2 is 1.68 bits per heavy atom. The predicted molar refractivity (Wildman–Crippen MR) is 152 cm³/mol. The van der Waals surface area contributed by atoms with Crippen molar-refractivity contribution in [2.75, 3.05) is 0 Å². The maximum Gasteiger partial charge on any atom is 0.281 e. The van der Waals surface area contributed by atoms with E-state index in [1.807, 2.05) is 0 Å². The summed E-state index contributed by atoms with van der Waals surface area (Å²) in [6.45, 7) is 1.76. The van der Waals surface area contributed by atoms with E-state index in [0.29, 0.717) is 47.8 Å². The lowest BCUT2D eigenvalue weighted by molar-refractivity contribution is 0.0948. The van der Waals surface area contributed by atoms with Gasteiger partial charge < -0.3 is 16.2 Å². The Morgan fingerprint density at radius 1 is 0.974 bits per heavy atom. The molecule has 0 bridgehead atoms. The number of benzene rings is 2. The summed E-state index contributed by atoms with van der Waals surface area (Å²) in [6.07, 6.45) is 0. The molecule has 0 radical (unpaired) electrons. The van der Waals surface area contributed by atoms with Gasteiger partial charge in [0.1, 0.15) is 5.75 Å². The van der Waals surface area contributed by atoms with Crippen molar-refractivity contribution in [3.8, 4) is 16.2 Å². The zero-order chi connectivity index (χ0) is 27.4. The fraction of sp³-hybridized carbons (Fsp3) is 0.0769. The molecule has 0 saturated carbocycles. The Morgan fingerprint density at radius 3 is 2.39 bits per heavy atom. The van der Waals surface area contributed by atoms with Crippen LogP contribution in [0.5, 0.6) is 5.75 Å². The summed E-state index contributed by atoms with van der Waals surface area (Å²) < 4.78 is 0. The fourth-order valence-electron chi connectivity index (χ4n) is 3.46. The highest BCUT2D eigenvalue weighted by Crippen LogP contribution is 2.40. The molecule has 12 heteroatoms. The molecule has 0 aliphatic heterocycles. The van der Waals surface area contributed by atoms with E-state index >= 15 is 0 Å². The van der Waals surface area contributed by atoms with Crippen molar-refractivity contribution in [2.45, 2.75) is 13.5 Å². The summed E-state index contributed by atoms with van der Waals surface area (Å²) in [5.41, 5.74) is 10.3. The minimum Gasteiger partial charge on any atom is -0.506 e. The van der Waals surface area contributed by atoms with Crippen LogP contribution < -0.4 is 16.5 Å². The van der Waals surface area contributed by atoms with Gasteiger partial charge in [-0.15, -0.1) is 22.7 Å². The highest BCUT2D eigenvalue weighted by Gasteiger charge is 2.17. The number of carbonyl (C=O) groups is 3. The lowest BCUT2D eigenvalue weighted by Gasteiger charge is -2.07. The van der Waals surface area contributed by atoms with Crippen LogP contribution in [-0.2, 0) is 6.54 Å². The summed E-state index contributed by atoms with van der Waals surface area (Å²) in [5.74, 6) is -1.48. The smallest absolute Gasteiger partial charge is 0.281 e. The first-order valence-corrected chi connectivity index (χ1v) is 13.5. The second kappa shape index (κ2) is 11.8. The Balaban J connectivity index is 1.40. The summed E-state index contributed by atoms with van der Waals surface area (Å²) in [7, 11) is 0. The quantitative estimate of drug-likeness (QED) is 0.156. The van der Waals surface area contributed by atoms with Gasteiger partial charge in [0.05, 0.1) is 36.0 Å². The fourth-order valence-corrected chi connectivity index (χ4v) is 5.57. The average Bonchev–Trinajstić information content (AvgIpc) is 3.55. The number of aromatic hydroxyl groups is 1. The normalized spacial score (nSPS) is 11.3. The predicted octanol–water partition coefficient (Wildman–Crippen LogP) is 5.67. The number of hydrogen-bond acceptors (Lipinski definition) is 7. The second-order valence-electron chi connectivity index (χ2n) is 7.96. The Bertz CT molecular complexity index is 1580. The van der Waals surface area contributed by atoms with E-state index in [0.717, 1.165) is 11.3 Å². The van der Waals surface area contributed by atoms with Crippen molar-refractivity contribution in [1.29, 1.82) is 0 Å². The zero-order valence-electron chi connectivity index (χ0n) is 19.7. The van der Waals surface area contributed by atoms with Gasteiger partial charge >= 0.3 is 0 Å². The van der Waals surface area contributed by atoms with E-state index in [9.17, 15) is 19.5 Å². The van der Waals surface area contributed by atoms with Crippen LogP contribution in [0, 0.1) is 0 Å². The number of amides is 3. The number of halogens is 2. The van der Waals surface area contributed by atoms with E-state index in [4.69, 9.17) is 28.9 Å². The molecule has 0 aliphatic carbocycles. The zero-order valence-corrected chi connectivity index (χ0v) is 22.9. The van der Waals surface area contributed by atoms with E-state index in [2.05, 4.69) is 15.8 Å². The number of nitrogens with zero attached hydrogens (tertiary/aromatic N) is 1. The maximum absolute atomic E-state index is 12.6. The van der Waals surface area contributed by atoms with Crippen molar-refractivity contribution in [3.63, 3.8) is 0 Å². The van der Waals surface area contributed by atoms with E-state index in [1.54, 1.807) is 54.8 Å². The molecular weight excluding hydrogens is 567 g/mol. The Kier molecular flexibility index (Phi) is 8.48. The molecule has 5 N–H and O–H groups in total. The molecular formula is C26H20Cl2N4O4S2. The van der Waals surface area contributed by atoms with Gasteiger partial charge in [0.25, 0.3) is 11.8 Å². The van der Waals surface area contributed by atoms with Crippen LogP contribution in [-0.4, -0.2) is 28.5 Å². The molecule has 2 heterocycles. The number of hydrazone groups is 1. The Labute approximate surface area is 235 Å². The monoisotopic (exact) mass is 586 g/mol. The van der Waals surface area contributed by atoms with Crippen LogP contribution in [0.15, 0.2) is 65.1 Å². The molecule has 0 aliphatic rings. The highest BCUT2D eigenvalue weighted by molar-refractivity contribution is 7.16. The number of nitrogens with one attached hydrogen (secondary N) is 2. The molecule has 38 heavy (non-hydrogen) atoms. The van der Waals surface area contributed by atoms with Gasteiger partial charge in [-0.05, 0) is 48.4 Å². The summed E-state index contributed by atoms with van der Waals surface area (Å²) in [5, 5.41) is 20.1. The van der Waals surface area contributed by atoms with Crippen molar-refractivity contribution >= 4 is 69.3 Å². The van der Waals surface area contributed by atoms with Crippen LogP contribution in [0.3, 0.4) is 0 Å². The van der Waals surface area contributed by atoms with Crippen molar-refractivity contribution in [1.82, 2.24) is 10.7 Å². The number of hydrogen-bond donors (Lipinski definition) is 4. The number of carbonyl (C=O) groups excluding carboxylic acids is 3. The van der Waals surface area contributed by atoms with Gasteiger partial charge in [-0.2, -0.15) is 5.10 Å². The minimum atomic E-state index is -0.581. The summed E-state index contributed by atoms with van der Waals surface area (Å²) >= 11 is 14.4. The Hall–Kier alpha value is -3.70. The number of nitrogens with two attached hydrogens (primary N) is 1. The molecule has 3 amide bonds. The second-order valence-corrected chi connectivity index (χ2v) is 10.7. The lowest BCUT2D eigenvalue weighted by atomic mass is 10.1. The average molecular weight is 588 g/mol. The van der Waals surface area contributed by atoms with Crippen molar-refractivity contribution < 1.29 is 19.5 Å². The molecule has 0 atom stereocenters. The molecule has 0 fully saturated rings.